The van der Waals surface area contributed by atoms with Gasteiger partial charge in [0.05, 0.1) is 28.0 Å². The van der Waals surface area contributed by atoms with Gasteiger partial charge in [-0.1, -0.05) is 30.3 Å². The van der Waals surface area contributed by atoms with Gasteiger partial charge in [-0.25, -0.2) is 14.8 Å². The maximum Gasteiger partial charge on any atom is 0.338 e. The van der Waals surface area contributed by atoms with E-state index < -0.39 is 12.1 Å². The Morgan fingerprint density at radius 3 is 2.37 bits per heavy atom. The fraction of sp³-hybridized carbons (Fsp3) is 0.238. The Bertz CT molecular complexity index is 987. The third-order valence-electron chi connectivity index (χ3n) is 4.27. The zero-order valence-electron chi connectivity index (χ0n) is 15.5. The van der Waals surface area contributed by atoms with E-state index in [1.54, 1.807) is 25.1 Å². The largest absolute Gasteiger partial charge is 0.449 e. The number of ether oxygens (including phenoxy) is 1. The number of amides is 1. The van der Waals surface area contributed by atoms with Gasteiger partial charge in [-0.15, -0.1) is 0 Å². The molecule has 1 heterocycles. The van der Waals surface area contributed by atoms with Gasteiger partial charge < -0.3 is 10.1 Å². The lowest BCUT2D eigenvalue weighted by Crippen LogP contribution is -2.35. The number of aryl methyl sites for hydroxylation is 2. The molecular weight excluding hydrogens is 342 g/mol. The highest BCUT2D eigenvalue weighted by Crippen LogP contribution is 2.15. The molecule has 0 saturated carbocycles. The standard InChI is InChI=1S/C21H21N3O3/c1-13-14(2)24-19-11-17(9-10-18(19)23-13)21(26)27-15(3)20(25)22-12-16-7-5-4-6-8-16/h4-11,15H,12H2,1-3H3,(H,22,25). The monoisotopic (exact) mass is 363 g/mol. The van der Waals surface area contributed by atoms with Crippen molar-refractivity contribution in [2.75, 3.05) is 0 Å². The molecule has 27 heavy (non-hydrogen) atoms. The van der Waals surface area contributed by atoms with Gasteiger partial charge in [0.15, 0.2) is 6.10 Å². The number of esters is 1. The molecule has 138 valence electrons. The molecule has 6 heteroatoms. The van der Waals surface area contributed by atoms with Crippen LogP contribution in [0.3, 0.4) is 0 Å². The molecule has 3 aromatic rings. The molecule has 3 rings (SSSR count). The van der Waals surface area contributed by atoms with Crippen LogP contribution in [0.2, 0.25) is 0 Å². The van der Waals surface area contributed by atoms with Crippen molar-refractivity contribution in [2.24, 2.45) is 0 Å². The Labute approximate surface area is 157 Å². The topological polar surface area (TPSA) is 81.2 Å². The van der Waals surface area contributed by atoms with Gasteiger partial charge in [-0.2, -0.15) is 0 Å². The molecule has 2 aromatic carbocycles. The van der Waals surface area contributed by atoms with Crippen molar-refractivity contribution in [3.8, 4) is 0 Å². The quantitative estimate of drug-likeness (QED) is 0.705. The molecule has 1 aromatic heterocycles. The van der Waals surface area contributed by atoms with Gasteiger partial charge in [0, 0.05) is 6.54 Å². The lowest BCUT2D eigenvalue weighted by molar-refractivity contribution is -0.129. The molecule has 0 radical (unpaired) electrons. The fourth-order valence-electron chi connectivity index (χ4n) is 2.57. The van der Waals surface area contributed by atoms with Crippen LogP contribution in [0.15, 0.2) is 48.5 Å². The number of carbonyl (C=O) groups excluding carboxylic acids is 2. The predicted molar refractivity (Wildman–Crippen MR) is 102 cm³/mol. The van der Waals surface area contributed by atoms with E-state index in [1.165, 1.54) is 0 Å². The summed E-state index contributed by atoms with van der Waals surface area (Å²) in [5, 5.41) is 2.76. The summed E-state index contributed by atoms with van der Waals surface area (Å²) in [7, 11) is 0. The lowest BCUT2D eigenvalue weighted by Gasteiger charge is -2.14. The zero-order valence-corrected chi connectivity index (χ0v) is 15.5. The Balaban J connectivity index is 1.64. The summed E-state index contributed by atoms with van der Waals surface area (Å²) in [6, 6.07) is 14.5. The summed E-state index contributed by atoms with van der Waals surface area (Å²) in [5.41, 5.74) is 4.30. The summed E-state index contributed by atoms with van der Waals surface area (Å²) in [4.78, 5) is 33.4. The second-order valence-electron chi connectivity index (χ2n) is 6.35. The van der Waals surface area contributed by atoms with Gasteiger partial charge in [0.25, 0.3) is 5.91 Å². The molecule has 1 unspecified atom stereocenters. The second-order valence-corrected chi connectivity index (χ2v) is 6.35. The average Bonchev–Trinajstić information content (AvgIpc) is 2.67. The molecule has 1 N–H and O–H groups in total. The van der Waals surface area contributed by atoms with Crippen LogP contribution in [0.1, 0.15) is 34.2 Å². The first-order valence-electron chi connectivity index (χ1n) is 8.71. The minimum Gasteiger partial charge on any atom is -0.449 e. The second kappa shape index (κ2) is 7.95. The summed E-state index contributed by atoms with van der Waals surface area (Å²) < 4.78 is 5.29. The minimum absolute atomic E-state index is 0.336. The molecule has 0 fully saturated rings. The summed E-state index contributed by atoms with van der Waals surface area (Å²) in [5.74, 6) is -0.918. The van der Waals surface area contributed by atoms with E-state index in [9.17, 15) is 9.59 Å². The number of fused-ring (bicyclic) bond motifs is 1. The Morgan fingerprint density at radius 2 is 1.67 bits per heavy atom. The number of hydrogen-bond acceptors (Lipinski definition) is 5. The summed E-state index contributed by atoms with van der Waals surface area (Å²) >= 11 is 0. The van der Waals surface area contributed by atoms with Crippen molar-refractivity contribution in [1.82, 2.24) is 15.3 Å². The Morgan fingerprint density at radius 1 is 1.00 bits per heavy atom. The van der Waals surface area contributed by atoms with E-state index >= 15 is 0 Å². The molecule has 1 atom stereocenters. The molecule has 1 amide bonds. The van der Waals surface area contributed by atoms with Crippen LogP contribution in [0.25, 0.3) is 11.0 Å². The molecule has 0 spiro atoms. The third kappa shape index (κ3) is 4.47. The smallest absolute Gasteiger partial charge is 0.338 e. The highest BCUT2D eigenvalue weighted by molar-refractivity contribution is 5.95. The van der Waals surface area contributed by atoms with Crippen LogP contribution in [-0.4, -0.2) is 27.9 Å². The van der Waals surface area contributed by atoms with Crippen LogP contribution in [-0.2, 0) is 16.1 Å². The van der Waals surface area contributed by atoms with Gasteiger partial charge in [0.1, 0.15) is 0 Å². The first-order chi connectivity index (χ1) is 12.9. The molecule has 0 aliphatic rings. The van der Waals surface area contributed by atoms with Crippen LogP contribution >= 0.6 is 0 Å². The van der Waals surface area contributed by atoms with Crippen LogP contribution in [0.4, 0.5) is 0 Å². The molecule has 0 aliphatic heterocycles. The number of nitrogens with one attached hydrogen (secondary N) is 1. The first kappa shape index (κ1) is 18.5. The van der Waals surface area contributed by atoms with Crippen LogP contribution in [0, 0.1) is 13.8 Å². The molecule has 0 bridgehead atoms. The van der Waals surface area contributed by atoms with Crippen molar-refractivity contribution >= 4 is 22.9 Å². The highest BCUT2D eigenvalue weighted by Gasteiger charge is 2.19. The normalized spacial score (nSPS) is 11.8. The van der Waals surface area contributed by atoms with Crippen molar-refractivity contribution in [1.29, 1.82) is 0 Å². The van der Waals surface area contributed by atoms with Crippen molar-refractivity contribution in [3.05, 3.63) is 71.0 Å². The lowest BCUT2D eigenvalue weighted by atomic mass is 10.2. The third-order valence-corrected chi connectivity index (χ3v) is 4.27. The van der Waals surface area contributed by atoms with E-state index in [0.29, 0.717) is 23.1 Å². The van der Waals surface area contributed by atoms with E-state index in [1.807, 2.05) is 44.2 Å². The van der Waals surface area contributed by atoms with Crippen molar-refractivity contribution in [2.45, 2.75) is 33.4 Å². The first-order valence-corrected chi connectivity index (χ1v) is 8.71. The molecule has 0 aliphatic carbocycles. The number of benzene rings is 2. The Kier molecular flexibility index (Phi) is 5.45. The van der Waals surface area contributed by atoms with Crippen molar-refractivity contribution in [3.63, 3.8) is 0 Å². The van der Waals surface area contributed by atoms with Crippen LogP contribution in [0.5, 0.6) is 0 Å². The number of carbonyl (C=O) groups is 2. The number of hydrogen-bond donors (Lipinski definition) is 1. The number of aromatic nitrogens is 2. The highest BCUT2D eigenvalue weighted by atomic mass is 16.5. The van der Waals surface area contributed by atoms with E-state index in [0.717, 1.165) is 17.0 Å². The predicted octanol–water partition coefficient (Wildman–Crippen LogP) is 3.11. The van der Waals surface area contributed by atoms with Gasteiger partial charge >= 0.3 is 5.97 Å². The van der Waals surface area contributed by atoms with E-state index in [2.05, 4.69) is 15.3 Å². The van der Waals surface area contributed by atoms with Crippen LogP contribution < -0.4 is 5.32 Å². The number of rotatable bonds is 5. The minimum atomic E-state index is -0.900. The Hall–Kier alpha value is -3.28. The maximum absolute atomic E-state index is 12.4. The molecule has 6 nitrogen and oxygen atoms in total. The van der Waals surface area contributed by atoms with Crippen molar-refractivity contribution < 1.29 is 14.3 Å². The maximum atomic E-state index is 12.4. The summed E-state index contributed by atoms with van der Waals surface area (Å²) in [6.45, 7) is 5.68. The average molecular weight is 363 g/mol. The van der Waals surface area contributed by atoms with E-state index in [-0.39, 0.29) is 5.91 Å². The van der Waals surface area contributed by atoms with Gasteiger partial charge in [-0.05, 0) is 44.5 Å². The van der Waals surface area contributed by atoms with Gasteiger partial charge in [0.2, 0.25) is 0 Å². The molecule has 0 saturated heterocycles. The van der Waals surface area contributed by atoms with Gasteiger partial charge in [-0.3, -0.25) is 4.79 Å². The number of nitrogens with zero attached hydrogens (tertiary/aromatic N) is 2. The molecular formula is C21H21N3O3. The summed E-state index contributed by atoms with van der Waals surface area (Å²) in [6.07, 6.45) is -0.900. The zero-order chi connectivity index (χ0) is 19.4. The SMILES string of the molecule is Cc1nc2ccc(C(=O)OC(C)C(=O)NCc3ccccc3)cc2nc1C. The fourth-order valence-corrected chi connectivity index (χ4v) is 2.57. The van der Waals surface area contributed by atoms with E-state index in [4.69, 9.17) is 4.74 Å².